The zero-order valence-electron chi connectivity index (χ0n) is 21.6. The number of aryl methyl sites for hydroxylation is 1. The number of aliphatic hydroxyl groups excluding tert-OH is 1. The van der Waals surface area contributed by atoms with Crippen LogP contribution in [0, 0.1) is 6.92 Å². The minimum atomic E-state index is -0.653. The predicted octanol–water partition coefficient (Wildman–Crippen LogP) is 4.89. The van der Waals surface area contributed by atoms with Crippen LogP contribution >= 0.6 is 22.9 Å². The van der Waals surface area contributed by atoms with Gasteiger partial charge < -0.3 is 24.6 Å². The van der Waals surface area contributed by atoms with Crippen molar-refractivity contribution in [3.05, 3.63) is 92.3 Å². The number of hydrogen-bond donors (Lipinski definition) is 2. The van der Waals surface area contributed by atoms with E-state index in [0.717, 1.165) is 10.5 Å². The molecule has 2 aliphatic rings. The van der Waals surface area contributed by atoms with Crippen molar-refractivity contribution < 1.29 is 33.7 Å². The molecule has 0 saturated carbocycles. The first-order valence-electron chi connectivity index (χ1n) is 12.7. The fourth-order valence-corrected chi connectivity index (χ4v) is 5.55. The van der Waals surface area contributed by atoms with Gasteiger partial charge in [-0.25, -0.2) is 4.90 Å². The highest BCUT2D eigenvalue weighted by molar-refractivity contribution is 7.08. The first kappa shape index (κ1) is 28.0. The number of fused-ring (bicyclic) bond motifs is 1. The zero-order chi connectivity index (χ0) is 28.2. The molecule has 0 fully saturated rings. The van der Waals surface area contributed by atoms with E-state index in [4.69, 9.17) is 30.9 Å². The number of allylic oxidation sites excluding steroid dienone is 1. The average molecular weight is 583 g/mol. The number of amides is 3. The average Bonchev–Trinajstić information content (AvgIpc) is 3.56. The lowest BCUT2D eigenvalue weighted by Gasteiger charge is -2.29. The summed E-state index contributed by atoms with van der Waals surface area (Å²) in [5, 5.41) is 16.1. The van der Waals surface area contributed by atoms with Crippen molar-refractivity contribution in [3.8, 4) is 0 Å². The number of nitrogens with zero attached hydrogens (tertiary/aromatic N) is 1. The van der Waals surface area contributed by atoms with E-state index in [1.54, 1.807) is 54.7 Å². The summed E-state index contributed by atoms with van der Waals surface area (Å²) in [7, 11) is 0. The Hall–Kier alpha value is -3.54. The number of nitrogens with one attached hydrogen (secondary N) is 1. The van der Waals surface area contributed by atoms with Crippen molar-refractivity contribution >= 4 is 52.0 Å². The Kier molecular flexibility index (Phi) is 8.63. The van der Waals surface area contributed by atoms with E-state index in [9.17, 15) is 14.4 Å². The Morgan fingerprint density at radius 2 is 1.95 bits per heavy atom. The van der Waals surface area contributed by atoms with Gasteiger partial charge in [-0.3, -0.25) is 14.4 Å². The van der Waals surface area contributed by atoms with Gasteiger partial charge in [-0.05, 0) is 77.4 Å². The number of carbonyl (C=O) groups is 3. The van der Waals surface area contributed by atoms with E-state index in [-0.39, 0.29) is 37.1 Å². The van der Waals surface area contributed by atoms with Gasteiger partial charge in [-0.15, -0.1) is 0 Å². The number of rotatable bonds is 10. The van der Waals surface area contributed by atoms with Crippen LogP contribution in [0.3, 0.4) is 0 Å². The lowest BCUT2D eigenvalue weighted by molar-refractivity contribution is -0.148. The summed E-state index contributed by atoms with van der Waals surface area (Å²) in [4.78, 5) is 40.3. The largest absolute Gasteiger partial charge is 0.459 e. The van der Waals surface area contributed by atoms with E-state index in [1.807, 2.05) is 16.8 Å². The Morgan fingerprint density at radius 1 is 1.12 bits per heavy atom. The highest BCUT2D eigenvalue weighted by Crippen LogP contribution is 2.35. The van der Waals surface area contributed by atoms with E-state index < -0.39 is 24.0 Å². The lowest BCUT2D eigenvalue weighted by atomic mass is 9.95. The number of ether oxygens (including phenoxy) is 3. The molecule has 40 heavy (non-hydrogen) atoms. The van der Waals surface area contributed by atoms with Crippen LogP contribution in [-0.4, -0.2) is 55.5 Å². The van der Waals surface area contributed by atoms with Gasteiger partial charge in [0, 0.05) is 23.0 Å². The van der Waals surface area contributed by atoms with Gasteiger partial charge in [0.25, 0.3) is 17.7 Å². The molecule has 3 aromatic rings. The predicted molar refractivity (Wildman–Crippen MR) is 151 cm³/mol. The standard InChI is InChI=1S/C29H27ClN2O7S/c1-17-12-21(3-5-24(17)32-28(35)22-4-2-20(30)15-23(22)29(32)36)31-27(34)25-13-19(18-6-11-40-16-18)14-26(39-25)38-10-9-37-8-7-33/h2-6,11-13,15-16,19,26,33H,7-10,14H2,1H3,(H,31,34)/t19-,26+/m1/s1. The number of benzene rings is 2. The molecule has 0 aliphatic carbocycles. The van der Waals surface area contributed by atoms with Crippen molar-refractivity contribution in [2.24, 2.45) is 0 Å². The summed E-state index contributed by atoms with van der Waals surface area (Å²) in [6.45, 7) is 2.45. The summed E-state index contributed by atoms with van der Waals surface area (Å²) in [5.74, 6) is -1.27. The monoisotopic (exact) mass is 582 g/mol. The third-order valence-electron chi connectivity index (χ3n) is 6.56. The first-order chi connectivity index (χ1) is 19.4. The van der Waals surface area contributed by atoms with Gasteiger partial charge in [0.1, 0.15) is 0 Å². The van der Waals surface area contributed by atoms with Crippen molar-refractivity contribution in [1.29, 1.82) is 0 Å². The molecule has 2 atom stereocenters. The van der Waals surface area contributed by atoms with Gasteiger partial charge in [-0.1, -0.05) is 11.6 Å². The van der Waals surface area contributed by atoms with Crippen molar-refractivity contribution in [3.63, 3.8) is 0 Å². The topological polar surface area (TPSA) is 114 Å². The molecule has 0 bridgehead atoms. The smallest absolute Gasteiger partial charge is 0.290 e. The minimum Gasteiger partial charge on any atom is -0.459 e. The maximum atomic E-state index is 13.2. The molecule has 3 heterocycles. The van der Waals surface area contributed by atoms with E-state index in [2.05, 4.69) is 5.32 Å². The highest BCUT2D eigenvalue weighted by Gasteiger charge is 2.37. The number of anilines is 2. The van der Waals surface area contributed by atoms with Crippen LogP contribution in [0.2, 0.25) is 5.02 Å². The van der Waals surface area contributed by atoms with E-state index >= 15 is 0 Å². The molecule has 2 N–H and O–H groups in total. The second-order valence-corrected chi connectivity index (χ2v) is 10.5. The summed E-state index contributed by atoms with van der Waals surface area (Å²) in [6, 6.07) is 11.6. The molecular weight excluding hydrogens is 556 g/mol. The summed E-state index contributed by atoms with van der Waals surface area (Å²) < 4.78 is 16.9. The summed E-state index contributed by atoms with van der Waals surface area (Å²) in [6.07, 6.45) is 1.66. The molecule has 0 unspecified atom stereocenters. The Morgan fingerprint density at radius 3 is 2.70 bits per heavy atom. The number of aliphatic hydroxyl groups is 1. The van der Waals surface area contributed by atoms with Crippen LogP contribution in [0.1, 0.15) is 44.2 Å². The van der Waals surface area contributed by atoms with Gasteiger partial charge >= 0.3 is 0 Å². The fraction of sp³-hybridized carbons (Fsp3) is 0.276. The van der Waals surface area contributed by atoms with Crippen molar-refractivity contribution in [1.82, 2.24) is 0 Å². The third-order valence-corrected chi connectivity index (χ3v) is 7.50. The van der Waals surface area contributed by atoms with Crippen LogP contribution in [0.4, 0.5) is 11.4 Å². The molecule has 0 spiro atoms. The minimum absolute atomic E-state index is 0.0686. The van der Waals surface area contributed by atoms with Gasteiger partial charge in [0.15, 0.2) is 5.76 Å². The highest BCUT2D eigenvalue weighted by atomic mass is 35.5. The lowest BCUT2D eigenvalue weighted by Crippen LogP contribution is -2.30. The molecule has 208 valence electrons. The molecule has 0 saturated heterocycles. The number of hydrogen-bond acceptors (Lipinski definition) is 8. The maximum absolute atomic E-state index is 13.2. The summed E-state index contributed by atoms with van der Waals surface area (Å²) >= 11 is 7.60. The second kappa shape index (κ2) is 12.3. The number of imide groups is 1. The van der Waals surface area contributed by atoms with Gasteiger partial charge in [-0.2, -0.15) is 11.3 Å². The Balaban J connectivity index is 1.30. The molecular formula is C29H27ClN2O7S. The van der Waals surface area contributed by atoms with Crippen LogP contribution in [0.5, 0.6) is 0 Å². The Labute approximate surface area is 239 Å². The molecule has 0 radical (unpaired) electrons. The number of halogens is 1. The Bertz CT molecular complexity index is 1460. The van der Waals surface area contributed by atoms with Crippen LogP contribution in [-0.2, 0) is 19.0 Å². The van der Waals surface area contributed by atoms with Crippen LogP contribution in [0.25, 0.3) is 0 Å². The molecule has 3 amide bonds. The second-order valence-electron chi connectivity index (χ2n) is 9.27. The zero-order valence-corrected chi connectivity index (χ0v) is 23.2. The third kappa shape index (κ3) is 5.96. The van der Waals surface area contributed by atoms with E-state index in [0.29, 0.717) is 40.6 Å². The van der Waals surface area contributed by atoms with Gasteiger partial charge in [0.2, 0.25) is 6.29 Å². The summed E-state index contributed by atoms with van der Waals surface area (Å²) in [5.41, 5.74) is 3.13. The molecule has 5 rings (SSSR count). The van der Waals surface area contributed by atoms with E-state index in [1.165, 1.54) is 6.07 Å². The molecule has 11 heteroatoms. The van der Waals surface area contributed by atoms with Crippen LogP contribution < -0.4 is 10.2 Å². The van der Waals surface area contributed by atoms with Crippen molar-refractivity contribution in [2.75, 3.05) is 36.6 Å². The number of thiophene rings is 1. The van der Waals surface area contributed by atoms with Crippen molar-refractivity contribution in [2.45, 2.75) is 25.6 Å². The fourth-order valence-electron chi connectivity index (χ4n) is 4.65. The SMILES string of the molecule is Cc1cc(NC(=O)C2=C[C@@H](c3ccsc3)C[C@@H](OCCOCCO)O2)ccc1N1C(=O)c2ccc(Cl)cc2C1=O. The quantitative estimate of drug-likeness (QED) is 0.258. The molecule has 9 nitrogen and oxygen atoms in total. The first-order valence-corrected chi connectivity index (χ1v) is 14.0. The molecule has 2 aromatic carbocycles. The van der Waals surface area contributed by atoms with Crippen LogP contribution in [0.15, 0.2) is 65.1 Å². The molecule has 1 aromatic heterocycles. The molecule has 2 aliphatic heterocycles. The normalized spacial score (nSPS) is 18.4. The number of carbonyl (C=O) groups excluding carboxylic acids is 3. The maximum Gasteiger partial charge on any atom is 0.290 e. The van der Waals surface area contributed by atoms with Gasteiger partial charge in [0.05, 0.1) is 43.2 Å².